The number of carbonyl (C=O) groups is 1. The molecule has 8 heteroatoms. The van der Waals surface area contributed by atoms with E-state index in [0.29, 0.717) is 34.2 Å². The van der Waals surface area contributed by atoms with E-state index in [4.69, 9.17) is 27.9 Å². The number of rotatable bonds is 9. The second-order valence-corrected chi connectivity index (χ2v) is 9.49. The van der Waals surface area contributed by atoms with E-state index in [9.17, 15) is 9.90 Å². The zero-order valence-electron chi connectivity index (χ0n) is 19.5. The first-order chi connectivity index (χ1) is 16.8. The molecular weight excluding hydrogens is 485 g/mol. The van der Waals surface area contributed by atoms with Gasteiger partial charge in [0.2, 0.25) is 0 Å². The van der Waals surface area contributed by atoms with Gasteiger partial charge in [-0.25, -0.2) is 4.98 Å². The maximum absolute atomic E-state index is 12.8. The molecule has 0 unspecified atom stereocenters. The van der Waals surface area contributed by atoms with Crippen molar-refractivity contribution in [3.05, 3.63) is 81.8 Å². The second kappa shape index (κ2) is 11.1. The van der Waals surface area contributed by atoms with Gasteiger partial charge < -0.3 is 20.1 Å². The van der Waals surface area contributed by atoms with Crippen LogP contribution in [0, 0.1) is 0 Å². The van der Waals surface area contributed by atoms with Gasteiger partial charge in [-0.2, -0.15) is 0 Å². The number of aliphatic hydroxyl groups excluding tert-OH is 1. The number of fused-ring (bicyclic) bond motifs is 1. The molecule has 182 valence electrons. The maximum Gasteiger partial charge on any atom is 0.251 e. The molecule has 4 rings (SSSR count). The van der Waals surface area contributed by atoms with Gasteiger partial charge in [-0.05, 0) is 68.7 Å². The number of hydrogen-bond donors (Lipinski definition) is 3. The van der Waals surface area contributed by atoms with Crippen molar-refractivity contribution in [2.24, 2.45) is 0 Å². The summed E-state index contributed by atoms with van der Waals surface area (Å²) in [4.78, 5) is 20.8. The number of ether oxygens (including phenoxy) is 1. The Kier molecular flexibility index (Phi) is 7.96. The van der Waals surface area contributed by atoms with Gasteiger partial charge in [-0.1, -0.05) is 47.5 Å². The first kappa shape index (κ1) is 25.0. The normalized spacial score (nSPS) is 12.2. The average Bonchev–Trinajstić information content (AvgIpc) is 3.24. The van der Waals surface area contributed by atoms with Crippen LogP contribution in [0.25, 0.3) is 22.4 Å². The van der Waals surface area contributed by atoms with Gasteiger partial charge in [-0.3, -0.25) is 4.79 Å². The highest BCUT2D eigenvalue weighted by Gasteiger charge is 2.16. The molecule has 0 aliphatic rings. The number of amides is 1. The number of aromatic nitrogens is 2. The summed E-state index contributed by atoms with van der Waals surface area (Å²) in [6.07, 6.45) is 0.989. The van der Waals surface area contributed by atoms with Gasteiger partial charge >= 0.3 is 0 Å². The van der Waals surface area contributed by atoms with Crippen molar-refractivity contribution in [3.63, 3.8) is 0 Å². The molecule has 35 heavy (non-hydrogen) atoms. The number of hydrogen-bond acceptors (Lipinski definition) is 4. The monoisotopic (exact) mass is 511 g/mol. The predicted octanol–water partition coefficient (Wildman–Crippen LogP) is 6.05. The highest BCUT2D eigenvalue weighted by atomic mass is 35.5. The standard InChI is InChI=1S/C27H27Cl2N3O3/c1-16(2)35-25-10-7-19(14-22(25)29)27(34)30-21(11-12-33)13-17-3-5-18(6-4-17)26-31-23-9-8-20(28)15-24(23)32-26/h3-10,14-16,21,33H,11-13H2,1-2H3,(H,30,34)(H,31,32)/t21-/m1/s1. The molecule has 4 aromatic rings. The molecule has 1 atom stereocenters. The summed E-state index contributed by atoms with van der Waals surface area (Å²) in [6, 6.07) is 18.3. The molecule has 0 fully saturated rings. The summed E-state index contributed by atoms with van der Waals surface area (Å²) < 4.78 is 5.63. The highest BCUT2D eigenvalue weighted by Crippen LogP contribution is 2.27. The zero-order chi connectivity index (χ0) is 24.9. The van der Waals surface area contributed by atoms with Crippen molar-refractivity contribution < 1.29 is 14.6 Å². The van der Waals surface area contributed by atoms with Gasteiger partial charge in [0.05, 0.1) is 22.2 Å². The maximum atomic E-state index is 12.8. The molecule has 1 heterocycles. The lowest BCUT2D eigenvalue weighted by Gasteiger charge is -2.19. The van der Waals surface area contributed by atoms with Crippen LogP contribution in [0.1, 0.15) is 36.2 Å². The quantitative estimate of drug-likeness (QED) is 0.255. The van der Waals surface area contributed by atoms with Crippen LogP contribution in [0.5, 0.6) is 5.75 Å². The summed E-state index contributed by atoms with van der Waals surface area (Å²) >= 11 is 12.4. The summed E-state index contributed by atoms with van der Waals surface area (Å²) in [5, 5.41) is 13.6. The topological polar surface area (TPSA) is 87.2 Å². The van der Waals surface area contributed by atoms with E-state index < -0.39 is 0 Å². The van der Waals surface area contributed by atoms with E-state index in [-0.39, 0.29) is 24.7 Å². The largest absolute Gasteiger partial charge is 0.489 e. The van der Waals surface area contributed by atoms with E-state index >= 15 is 0 Å². The van der Waals surface area contributed by atoms with Crippen LogP contribution >= 0.6 is 23.2 Å². The molecular formula is C27H27Cl2N3O3. The number of H-pyrrole nitrogens is 1. The SMILES string of the molecule is CC(C)Oc1ccc(C(=O)N[C@H](CCO)Cc2ccc(-c3nc4ccc(Cl)cc4[nH]3)cc2)cc1Cl. The number of aliphatic hydroxyl groups is 1. The molecule has 6 nitrogen and oxygen atoms in total. The number of halogens is 2. The molecule has 0 saturated carbocycles. The molecule has 3 N–H and O–H groups in total. The number of benzene rings is 3. The van der Waals surface area contributed by atoms with Gasteiger partial charge in [0.1, 0.15) is 11.6 Å². The van der Waals surface area contributed by atoms with E-state index in [1.165, 1.54) is 0 Å². The number of aromatic amines is 1. The predicted molar refractivity (Wildman–Crippen MR) is 140 cm³/mol. The number of carbonyl (C=O) groups excluding carboxylic acids is 1. The first-order valence-electron chi connectivity index (χ1n) is 11.4. The highest BCUT2D eigenvalue weighted by molar-refractivity contribution is 6.32. The van der Waals surface area contributed by atoms with Crippen LogP contribution in [0.4, 0.5) is 0 Å². The summed E-state index contributed by atoms with van der Waals surface area (Å²) in [6.45, 7) is 3.79. The Hall–Kier alpha value is -3.06. The molecule has 0 saturated heterocycles. The Morgan fingerprint density at radius 1 is 1.09 bits per heavy atom. The van der Waals surface area contributed by atoms with Gasteiger partial charge in [0.25, 0.3) is 5.91 Å². The second-order valence-electron chi connectivity index (χ2n) is 8.64. The van der Waals surface area contributed by atoms with Gasteiger partial charge in [-0.15, -0.1) is 0 Å². The molecule has 1 aromatic heterocycles. The Morgan fingerprint density at radius 3 is 2.54 bits per heavy atom. The van der Waals surface area contributed by atoms with Crippen molar-refractivity contribution in [3.8, 4) is 17.1 Å². The Bertz CT molecular complexity index is 1320. The lowest BCUT2D eigenvalue weighted by molar-refractivity contribution is 0.0930. The number of nitrogens with one attached hydrogen (secondary N) is 2. The van der Waals surface area contributed by atoms with Crippen LogP contribution in [-0.4, -0.2) is 39.7 Å². The van der Waals surface area contributed by atoms with Crippen LogP contribution < -0.4 is 10.1 Å². The zero-order valence-corrected chi connectivity index (χ0v) is 21.0. The number of imidazole rings is 1. The van der Waals surface area contributed by atoms with Crippen molar-refractivity contribution >= 4 is 40.1 Å². The first-order valence-corrected chi connectivity index (χ1v) is 12.2. The lowest BCUT2D eigenvalue weighted by atomic mass is 10.0. The third-order valence-corrected chi connectivity index (χ3v) is 6.05. The molecule has 0 radical (unpaired) electrons. The minimum Gasteiger partial charge on any atom is -0.489 e. The fraction of sp³-hybridized carbons (Fsp3) is 0.259. The van der Waals surface area contributed by atoms with Crippen LogP contribution in [0.2, 0.25) is 10.0 Å². The Balaban J connectivity index is 1.44. The van der Waals surface area contributed by atoms with E-state index in [1.54, 1.807) is 18.2 Å². The van der Waals surface area contributed by atoms with Gasteiger partial charge in [0.15, 0.2) is 0 Å². The summed E-state index contributed by atoms with van der Waals surface area (Å²) in [5.74, 6) is 1.05. The Morgan fingerprint density at radius 2 is 1.86 bits per heavy atom. The molecule has 0 aliphatic heterocycles. The van der Waals surface area contributed by atoms with Crippen LogP contribution in [0.15, 0.2) is 60.7 Å². The van der Waals surface area contributed by atoms with E-state index in [1.807, 2.05) is 56.3 Å². The third-order valence-electron chi connectivity index (χ3n) is 5.52. The van der Waals surface area contributed by atoms with Crippen molar-refractivity contribution in [2.75, 3.05) is 6.61 Å². The molecule has 1 amide bonds. The molecule has 0 bridgehead atoms. The summed E-state index contributed by atoms with van der Waals surface area (Å²) in [7, 11) is 0. The minimum atomic E-state index is -0.251. The van der Waals surface area contributed by atoms with Crippen molar-refractivity contribution in [1.82, 2.24) is 15.3 Å². The minimum absolute atomic E-state index is 0.0159. The number of nitrogens with zero attached hydrogens (tertiary/aromatic N) is 1. The Labute approximate surface area is 214 Å². The van der Waals surface area contributed by atoms with Crippen LogP contribution in [-0.2, 0) is 6.42 Å². The molecule has 3 aromatic carbocycles. The third kappa shape index (κ3) is 6.34. The summed E-state index contributed by atoms with van der Waals surface area (Å²) in [5.41, 5.74) is 4.15. The van der Waals surface area contributed by atoms with Crippen molar-refractivity contribution in [2.45, 2.75) is 38.8 Å². The fourth-order valence-electron chi connectivity index (χ4n) is 3.84. The van der Waals surface area contributed by atoms with Crippen molar-refractivity contribution in [1.29, 1.82) is 0 Å². The van der Waals surface area contributed by atoms with Gasteiger partial charge in [0, 0.05) is 28.8 Å². The fourth-order valence-corrected chi connectivity index (χ4v) is 4.24. The van der Waals surface area contributed by atoms with E-state index in [2.05, 4.69) is 15.3 Å². The van der Waals surface area contributed by atoms with E-state index in [0.717, 1.165) is 28.0 Å². The average molecular weight is 512 g/mol. The lowest BCUT2D eigenvalue weighted by Crippen LogP contribution is -2.37. The smallest absolute Gasteiger partial charge is 0.251 e. The van der Waals surface area contributed by atoms with Crippen LogP contribution in [0.3, 0.4) is 0 Å². The molecule has 0 spiro atoms. The molecule has 0 aliphatic carbocycles.